The number of anilines is 1. The number of halogens is 2. The molecule has 0 amide bonds. The average Bonchev–Trinajstić information content (AvgIpc) is 3.12. The molecule has 0 aliphatic heterocycles. The molecule has 1 N–H and O–H groups in total. The fourth-order valence-corrected chi connectivity index (χ4v) is 4.95. The zero-order valence-corrected chi connectivity index (χ0v) is 14.7. The SMILES string of the molecule is O=S(=O)(Nc1nc(-c2ccc(Cl)c(Cl)c2)cs1)c1cccs1. The van der Waals surface area contributed by atoms with E-state index in [4.69, 9.17) is 23.2 Å². The maximum atomic E-state index is 12.1. The lowest BCUT2D eigenvalue weighted by molar-refractivity contribution is 0.603. The van der Waals surface area contributed by atoms with Crippen LogP contribution in [-0.2, 0) is 10.0 Å². The number of thiazole rings is 1. The van der Waals surface area contributed by atoms with Gasteiger partial charge in [0.05, 0.1) is 15.7 Å². The molecule has 22 heavy (non-hydrogen) atoms. The first kappa shape index (κ1) is 15.8. The minimum Gasteiger partial charge on any atom is -0.254 e. The van der Waals surface area contributed by atoms with Crippen LogP contribution in [0.25, 0.3) is 11.3 Å². The van der Waals surface area contributed by atoms with E-state index in [1.54, 1.807) is 41.1 Å². The number of benzene rings is 1. The van der Waals surface area contributed by atoms with Crippen molar-refractivity contribution >= 4 is 61.0 Å². The van der Waals surface area contributed by atoms with E-state index in [1.165, 1.54) is 11.3 Å². The molecule has 0 saturated heterocycles. The van der Waals surface area contributed by atoms with E-state index in [2.05, 4.69) is 9.71 Å². The summed E-state index contributed by atoms with van der Waals surface area (Å²) in [6.45, 7) is 0. The summed E-state index contributed by atoms with van der Waals surface area (Å²) in [5.74, 6) is 0. The molecule has 2 aromatic heterocycles. The van der Waals surface area contributed by atoms with Gasteiger partial charge in [-0.25, -0.2) is 13.4 Å². The zero-order chi connectivity index (χ0) is 15.7. The van der Waals surface area contributed by atoms with Gasteiger partial charge in [-0.2, -0.15) is 0 Å². The molecule has 0 aliphatic rings. The molecular formula is C13H8Cl2N2O2S3. The molecule has 1 aromatic carbocycles. The third kappa shape index (κ3) is 3.28. The second kappa shape index (κ2) is 6.17. The van der Waals surface area contributed by atoms with E-state index in [1.807, 2.05) is 0 Å². The Morgan fingerprint density at radius 2 is 1.91 bits per heavy atom. The molecule has 0 unspecified atom stereocenters. The van der Waals surface area contributed by atoms with E-state index in [0.29, 0.717) is 20.9 Å². The second-order valence-electron chi connectivity index (χ2n) is 4.20. The summed E-state index contributed by atoms with van der Waals surface area (Å²) in [4.78, 5) is 4.28. The first-order chi connectivity index (χ1) is 10.5. The van der Waals surface area contributed by atoms with Crippen molar-refractivity contribution in [1.82, 2.24) is 4.98 Å². The molecule has 114 valence electrons. The fourth-order valence-electron chi connectivity index (χ4n) is 1.69. The van der Waals surface area contributed by atoms with Crippen LogP contribution in [0.2, 0.25) is 10.0 Å². The summed E-state index contributed by atoms with van der Waals surface area (Å²) in [5, 5.41) is 4.64. The van der Waals surface area contributed by atoms with Crippen molar-refractivity contribution in [2.24, 2.45) is 0 Å². The van der Waals surface area contributed by atoms with Crippen LogP contribution >= 0.6 is 45.9 Å². The number of aromatic nitrogens is 1. The van der Waals surface area contributed by atoms with Crippen LogP contribution in [0.1, 0.15) is 0 Å². The highest BCUT2D eigenvalue weighted by Gasteiger charge is 2.17. The molecule has 0 spiro atoms. The van der Waals surface area contributed by atoms with Crippen LogP contribution in [0.5, 0.6) is 0 Å². The largest absolute Gasteiger partial charge is 0.273 e. The van der Waals surface area contributed by atoms with Crippen molar-refractivity contribution in [3.8, 4) is 11.3 Å². The maximum Gasteiger partial charge on any atom is 0.273 e. The van der Waals surface area contributed by atoms with Gasteiger partial charge in [-0.3, -0.25) is 4.72 Å². The standard InChI is InChI=1S/C13H8Cl2N2O2S3/c14-9-4-3-8(6-10(9)15)11-7-21-13(16-11)17-22(18,19)12-2-1-5-20-12/h1-7H,(H,16,17). The van der Waals surface area contributed by atoms with Gasteiger partial charge in [-0.15, -0.1) is 22.7 Å². The Morgan fingerprint density at radius 1 is 1.09 bits per heavy atom. The Morgan fingerprint density at radius 3 is 2.59 bits per heavy atom. The van der Waals surface area contributed by atoms with Crippen LogP contribution in [0.15, 0.2) is 45.3 Å². The molecule has 3 rings (SSSR count). The van der Waals surface area contributed by atoms with Crippen LogP contribution in [0, 0.1) is 0 Å². The molecule has 9 heteroatoms. The summed E-state index contributed by atoms with van der Waals surface area (Å²) >= 11 is 14.2. The van der Waals surface area contributed by atoms with E-state index >= 15 is 0 Å². The molecule has 0 fully saturated rings. The van der Waals surface area contributed by atoms with Crippen LogP contribution in [-0.4, -0.2) is 13.4 Å². The zero-order valence-electron chi connectivity index (χ0n) is 10.8. The predicted octanol–water partition coefficient (Wildman–Crippen LogP) is 4.98. The Hall–Kier alpha value is -1.12. The van der Waals surface area contributed by atoms with Crippen molar-refractivity contribution in [3.05, 3.63) is 51.1 Å². The molecule has 0 bridgehead atoms. The van der Waals surface area contributed by atoms with E-state index < -0.39 is 10.0 Å². The van der Waals surface area contributed by atoms with Gasteiger partial charge >= 0.3 is 0 Å². The number of nitrogens with zero attached hydrogens (tertiary/aromatic N) is 1. The lowest BCUT2D eigenvalue weighted by Crippen LogP contribution is -2.11. The topological polar surface area (TPSA) is 59.1 Å². The Labute approximate surface area is 145 Å². The van der Waals surface area contributed by atoms with Crippen molar-refractivity contribution in [2.45, 2.75) is 4.21 Å². The third-order valence-corrected chi connectivity index (χ3v) is 7.06. The van der Waals surface area contributed by atoms with Crippen molar-refractivity contribution < 1.29 is 8.42 Å². The van der Waals surface area contributed by atoms with Gasteiger partial charge in [0.2, 0.25) is 0 Å². The highest BCUT2D eigenvalue weighted by Crippen LogP contribution is 2.31. The third-order valence-electron chi connectivity index (χ3n) is 2.70. The van der Waals surface area contributed by atoms with Crippen LogP contribution in [0.3, 0.4) is 0 Å². The lowest BCUT2D eigenvalue weighted by Gasteiger charge is -2.02. The molecule has 3 aromatic rings. The summed E-state index contributed by atoms with van der Waals surface area (Å²) in [6.07, 6.45) is 0. The van der Waals surface area contributed by atoms with Gasteiger partial charge in [0.25, 0.3) is 10.0 Å². The molecular weight excluding hydrogens is 383 g/mol. The molecule has 0 radical (unpaired) electrons. The highest BCUT2D eigenvalue weighted by atomic mass is 35.5. The molecule has 0 atom stereocenters. The summed E-state index contributed by atoms with van der Waals surface area (Å²) in [6, 6.07) is 8.37. The average molecular weight is 391 g/mol. The highest BCUT2D eigenvalue weighted by molar-refractivity contribution is 7.94. The molecule has 0 saturated carbocycles. The minimum absolute atomic E-state index is 0.249. The summed E-state index contributed by atoms with van der Waals surface area (Å²) < 4.78 is 27.0. The number of hydrogen-bond acceptors (Lipinski definition) is 5. The fraction of sp³-hybridized carbons (Fsp3) is 0. The second-order valence-corrected chi connectivity index (χ2v) is 8.73. The number of nitrogens with one attached hydrogen (secondary N) is 1. The van der Waals surface area contributed by atoms with Crippen molar-refractivity contribution in [3.63, 3.8) is 0 Å². The van der Waals surface area contributed by atoms with Gasteiger partial charge in [-0.05, 0) is 23.6 Å². The van der Waals surface area contributed by atoms with Gasteiger partial charge in [0.15, 0.2) is 5.13 Å². The molecule has 2 heterocycles. The number of thiophene rings is 1. The normalized spacial score (nSPS) is 11.5. The van der Waals surface area contributed by atoms with Gasteiger partial charge < -0.3 is 0 Å². The number of rotatable bonds is 4. The summed E-state index contributed by atoms with van der Waals surface area (Å²) in [7, 11) is -3.58. The monoisotopic (exact) mass is 390 g/mol. The number of hydrogen-bond donors (Lipinski definition) is 1. The lowest BCUT2D eigenvalue weighted by atomic mass is 10.2. The van der Waals surface area contributed by atoms with Gasteiger partial charge in [-0.1, -0.05) is 35.3 Å². The van der Waals surface area contributed by atoms with Gasteiger partial charge in [0.1, 0.15) is 4.21 Å². The van der Waals surface area contributed by atoms with Crippen molar-refractivity contribution in [1.29, 1.82) is 0 Å². The maximum absolute atomic E-state index is 12.1. The number of sulfonamides is 1. The quantitative estimate of drug-likeness (QED) is 0.683. The van der Waals surface area contributed by atoms with E-state index in [9.17, 15) is 8.42 Å². The predicted molar refractivity (Wildman–Crippen MR) is 92.7 cm³/mol. The van der Waals surface area contributed by atoms with Crippen LogP contribution in [0.4, 0.5) is 5.13 Å². The van der Waals surface area contributed by atoms with E-state index in [0.717, 1.165) is 16.9 Å². The summed E-state index contributed by atoms with van der Waals surface area (Å²) in [5.41, 5.74) is 1.40. The molecule has 4 nitrogen and oxygen atoms in total. The Balaban J connectivity index is 1.86. The first-order valence-electron chi connectivity index (χ1n) is 5.93. The van der Waals surface area contributed by atoms with Crippen molar-refractivity contribution in [2.75, 3.05) is 4.72 Å². The minimum atomic E-state index is -3.58. The smallest absolute Gasteiger partial charge is 0.254 e. The Bertz CT molecular complexity index is 905. The first-order valence-corrected chi connectivity index (χ1v) is 9.93. The van der Waals surface area contributed by atoms with E-state index in [-0.39, 0.29) is 4.21 Å². The van der Waals surface area contributed by atoms with Crippen LogP contribution < -0.4 is 4.72 Å². The molecule has 0 aliphatic carbocycles. The van der Waals surface area contributed by atoms with Gasteiger partial charge in [0, 0.05) is 10.9 Å². The Kier molecular flexibility index (Phi) is 4.42.